The maximum absolute atomic E-state index is 13.5. The van der Waals surface area contributed by atoms with Crippen molar-refractivity contribution in [1.29, 1.82) is 0 Å². The van der Waals surface area contributed by atoms with Crippen LogP contribution in [0.4, 0.5) is 17.6 Å². The van der Waals surface area contributed by atoms with Gasteiger partial charge in [0.1, 0.15) is 17.9 Å². The number of aryl methyl sites for hydroxylation is 1. The second kappa shape index (κ2) is 4.76. The van der Waals surface area contributed by atoms with E-state index in [1.54, 1.807) is 0 Å². The van der Waals surface area contributed by atoms with Crippen LogP contribution in [-0.4, -0.2) is 21.6 Å². The summed E-state index contributed by atoms with van der Waals surface area (Å²) < 4.78 is 51.9. The maximum Gasteiger partial charge on any atom is 0.406 e. The normalized spacial score (nSPS) is 12.3. The number of alkyl halides is 4. The Morgan fingerprint density at radius 3 is 2.61 bits per heavy atom. The Balaban J connectivity index is 2.59. The van der Waals surface area contributed by atoms with Crippen molar-refractivity contribution in [2.45, 2.75) is 19.1 Å². The number of para-hydroxylation sites is 1. The highest BCUT2D eigenvalue weighted by atomic mass is 35.5. The van der Waals surface area contributed by atoms with Gasteiger partial charge in [0.15, 0.2) is 5.82 Å². The van der Waals surface area contributed by atoms with E-state index in [9.17, 15) is 17.6 Å². The Morgan fingerprint density at radius 2 is 2.00 bits per heavy atom. The monoisotopic (exact) mass is 280 g/mol. The van der Waals surface area contributed by atoms with Gasteiger partial charge in [-0.3, -0.25) is 0 Å². The number of nitrogens with zero attached hydrogens (tertiary/aromatic N) is 2. The number of hydrogen-bond acceptors (Lipinski definition) is 1. The first-order valence-corrected chi connectivity index (χ1v) is 5.72. The number of fused-ring (bicyclic) bond motifs is 1. The van der Waals surface area contributed by atoms with E-state index in [0.717, 1.165) is 10.6 Å². The van der Waals surface area contributed by atoms with Crippen molar-refractivity contribution in [1.82, 2.24) is 9.55 Å². The molecule has 0 saturated carbocycles. The third kappa shape index (κ3) is 2.58. The predicted molar refractivity (Wildman–Crippen MR) is 60.2 cm³/mol. The minimum Gasteiger partial charge on any atom is -0.319 e. The molecule has 0 aliphatic carbocycles. The van der Waals surface area contributed by atoms with Crippen LogP contribution in [0.1, 0.15) is 5.82 Å². The van der Waals surface area contributed by atoms with Crippen LogP contribution in [0.3, 0.4) is 0 Å². The minimum absolute atomic E-state index is 0.0538. The van der Waals surface area contributed by atoms with Crippen LogP contribution in [0.5, 0.6) is 0 Å². The van der Waals surface area contributed by atoms with Gasteiger partial charge in [-0.25, -0.2) is 9.37 Å². The molecule has 0 spiro atoms. The fraction of sp³-hybridized carbons (Fsp3) is 0.364. The van der Waals surface area contributed by atoms with Crippen molar-refractivity contribution in [2.24, 2.45) is 0 Å². The van der Waals surface area contributed by atoms with Crippen LogP contribution >= 0.6 is 11.6 Å². The first-order valence-electron chi connectivity index (χ1n) is 5.18. The highest BCUT2D eigenvalue weighted by Gasteiger charge is 2.30. The Hall–Kier alpha value is -1.30. The molecule has 0 amide bonds. The lowest BCUT2D eigenvalue weighted by molar-refractivity contribution is -0.140. The molecule has 18 heavy (non-hydrogen) atoms. The van der Waals surface area contributed by atoms with Crippen LogP contribution in [0.25, 0.3) is 11.0 Å². The first-order chi connectivity index (χ1) is 8.42. The average Bonchev–Trinajstić information content (AvgIpc) is 2.58. The number of aromatic nitrogens is 2. The second-order valence-electron chi connectivity index (χ2n) is 3.78. The summed E-state index contributed by atoms with van der Waals surface area (Å²) in [4.78, 5) is 3.89. The molecule has 2 rings (SSSR count). The van der Waals surface area contributed by atoms with Crippen LogP contribution in [0.15, 0.2) is 18.2 Å². The quantitative estimate of drug-likeness (QED) is 0.621. The van der Waals surface area contributed by atoms with Gasteiger partial charge in [0, 0.05) is 12.3 Å². The molecule has 2 aromatic rings. The lowest BCUT2D eigenvalue weighted by Gasteiger charge is -2.11. The van der Waals surface area contributed by atoms with Gasteiger partial charge in [0.2, 0.25) is 0 Å². The van der Waals surface area contributed by atoms with Crippen LogP contribution in [0.2, 0.25) is 0 Å². The zero-order chi connectivity index (χ0) is 13.3. The van der Waals surface area contributed by atoms with E-state index in [1.807, 2.05) is 0 Å². The standard InChI is InChI=1S/C11H9ClF4N2/c12-5-4-9-17-10-7(13)2-1-3-8(10)18(9)6-11(14,15)16/h1-3H,4-6H2. The zero-order valence-electron chi connectivity index (χ0n) is 9.14. The van der Waals surface area contributed by atoms with E-state index in [0.29, 0.717) is 0 Å². The maximum atomic E-state index is 13.5. The molecular weight excluding hydrogens is 272 g/mol. The summed E-state index contributed by atoms with van der Waals surface area (Å²) in [6.45, 7) is -1.20. The molecule has 7 heteroatoms. The molecule has 0 radical (unpaired) electrons. The summed E-state index contributed by atoms with van der Waals surface area (Å²) in [6.07, 6.45) is -4.23. The molecule has 2 nitrogen and oxygen atoms in total. The summed E-state index contributed by atoms with van der Waals surface area (Å²) >= 11 is 5.52. The molecule has 0 saturated heterocycles. The number of hydrogen-bond donors (Lipinski definition) is 0. The Morgan fingerprint density at radius 1 is 1.28 bits per heavy atom. The van der Waals surface area contributed by atoms with E-state index >= 15 is 0 Å². The largest absolute Gasteiger partial charge is 0.406 e. The molecule has 98 valence electrons. The SMILES string of the molecule is Fc1cccc2c1nc(CCCl)n2CC(F)(F)F. The topological polar surface area (TPSA) is 17.8 Å². The minimum atomic E-state index is -4.39. The van der Waals surface area contributed by atoms with Gasteiger partial charge in [-0.2, -0.15) is 13.2 Å². The number of rotatable bonds is 3. The number of halogens is 5. The first kappa shape index (κ1) is 13.1. The van der Waals surface area contributed by atoms with E-state index in [2.05, 4.69) is 4.98 Å². The third-order valence-electron chi connectivity index (χ3n) is 2.46. The van der Waals surface area contributed by atoms with Crippen LogP contribution in [0, 0.1) is 5.82 Å². The summed E-state index contributed by atoms with van der Waals surface area (Å²) in [6, 6.07) is 3.93. The van der Waals surface area contributed by atoms with Gasteiger partial charge in [0.05, 0.1) is 5.52 Å². The van der Waals surface area contributed by atoms with Crippen molar-refractivity contribution >= 4 is 22.6 Å². The average molecular weight is 281 g/mol. The highest BCUT2D eigenvalue weighted by Crippen LogP contribution is 2.25. The number of imidazole rings is 1. The molecule has 0 atom stereocenters. The molecule has 0 fully saturated rings. The summed E-state index contributed by atoms with van der Waals surface area (Å²) in [7, 11) is 0. The van der Waals surface area contributed by atoms with E-state index in [1.165, 1.54) is 12.1 Å². The zero-order valence-corrected chi connectivity index (χ0v) is 9.89. The van der Waals surface area contributed by atoms with E-state index in [4.69, 9.17) is 11.6 Å². The van der Waals surface area contributed by atoms with Gasteiger partial charge in [-0.05, 0) is 12.1 Å². The Kier molecular flexibility index (Phi) is 3.47. The predicted octanol–water partition coefficient (Wildman–Crippen LogP) is 3.52. The smallest absolute Gasteiger partial charge is 0.319 e. The molecule has 0 aliphatic rings. The molecule has 1 heterocycles. The molecule has 1 aromatic heterocycles. The van der Waals surface area contributed by atoms with Crippen LogP contribution < -0.4 is 0 Å². The van der Waals surface area contributed by atoms with Crippen molar-refractivity contribution in [3.05, 3.63) is 29.8 Å². The Labute approximate surface area is 105 Å². The molecule has 0 N–H and O–H groups in total. The molecule has 0 aliphatic heterocycles. The highest BCUT2D eigenvalue weighted by molar-refractivity contribution is 6.17. The molecular formula is C11H9ClF4N2. The van der Waals surface area contributed by atoms with Gasteiger partial charge >= 0.3 is 6.18 Å². The van der Waals surface area contributed by atoms with Crippen LogP contribution in [-0.2, 0) is 13.0 Å². The lowest BCUT2D eigenvalue weighted by atomic mass is 10.3. The fourth-order valence-corrected chi connectivity index (χ4v) is 1.96. The molecule has 1 aromatic carbocycles. The lowest BCUT2D eigenvalue weighted by Crippen LogP contribution is -2.19. The fourth-order valence-electron chi connectivity index (χ4n) is 1.79. The van der Waals surface area contributed by atoms with Gasteiger partial charge in [-0.15, -0.1) is 11.6 Å². The third-order valence-corrected chi connectivity index (χ3v) is 2.65. The van der Waals surface area contributed by atoms with E-state index < -0.39 is 18.5 Å². The van der Waals surface area contributed by atoms with E-state index in [-0.39, 0.29) is 29.2 Å². The van der Waals surface area contributed by atoms with Gasteiger partial charge in [0.25, 0.3) is 0 Å². The number of benzene rings is 1. The summed E-state index contributed by atoms with van der Waals surface area (Å²) in [5.74, 6) is -0.366. The van der Waals surface area contributed by atoms with Crippen molar-refractivity contribution in [3.8, 4) is 0 Å². The van der Waals surface area contributed by atoms with Crippen molar-refractivity contribution in [2.75, 3.05) is 5.88 Å². The summed E-state index contributed by atoms with van der Waals surface area (Å²) in [5.41, 5.74) is 0.0781. The van der Waals surface area contributed by atoms with Crippen molar-refractivity contribution in [3.63, 3.8) is 0 Å². The van der Waals surface area contributed by atoms with Gasteiger partial charge in [-0.1, -0.05) is 6.07 Å². The molecule has 0 unspecified atom stereocenters. The van der Waals surface area contributed by atoms with Gasteiger partial charge < -0.3 is 4.57 Å². The summed E-state index contributed by atoms with van der Waals surface area (Å²) in [5, 5.41) is 0. The Bertz CT molecular complexity index is 562. The second-order valence-corrected chi connectivity index (χ2v) is 4.15. The van der Waals surface area contributed by atoms with Crippen molar-refractivity contribution < 1.29 is 17.6 Å². The molecule has 0 bridgehead atoms.